The highest BCUT2D eigenvalue weighted by molar-refractivity contribution is 9.10. The van der Waals surface area contributed by atoms with Gasteiger partial charge in [0, 0.05) is 15.1 Å². The third kappa shape index (κ3) is 3.62. The molecule has 0 saturated carbocycles. The Kier molecular flexibility index (Phi) is 4.22. The summed E-state index contributed by atoms with van der Waals surface area (Å²) in [5.41, 5.74) is 0.821. The van der Waals surface area contributed by atoms with E-state index in [0.717, 1.165) is 15.8 Å². The largest absolute Gasteiger partial charge is 0.484 e. The van der Waals surface area contributed by atoms with Crippen LogP contribution in [-0.4, -0.2) is 10.2 Å². The zero-order valence-corrected chi connectivity index (χ0v) is 13.1. The van der Waals surface area contributed by atoms with Gasteiger partial charge in [0.05, 0.1) is 0 Å². The molecule has 0 saturated heterocycles. The predicted octanol–water partition coefficient (Wildman–Crippen LogP) is 4.73. The van der Waals surface area contributed by atoms with Crippen molar-refractivity contribution in [2.24, 2.45) is 0 Å². The Morgan fingerprint density at radius 2 is 1.71 bits per heavy atom. The highest BCUT2D eigenvalue weighted by Crippen LogP contribution is 2.21. The monoisotopic (exact) mass is 364 g/mol. The molecule has 0 radical (unpaired) electrons. The summed E-state index contributed by atoms with van der Waals surface area (Å²) >= 11 is 9.21. The molecule has 2 aromatic carbocycles. The van der Waals surface area contributed by atoms with Crippen molar-refractivity contribution in [3.63, 3.8) is 0 Å². The van der Waals surface area contributed by atoms with Crippen molar-refractivity contribution < 1.29 is 9.15 Å². The predicted molar refractivity (Wildman–Crippen MR) is 83.2 cm³/mol. The topological polar surface area (TPSA) is 48.2 Å². The van der Waals surface area contributed by atoms with Gasteiger partial charge in [0.2, 0.25) is 5.89 Å². The third-order valence-electron chi connectivity index (χ3n) is 2.73. The fourth-order valence-corrected chi connectivity index (χ4v) is 2.09. The van der Waals surface area contributed by atoms with Crippen LogP contribution in [0.2, 0.25) is 5.02 Å². The molecule has 0 aliphatic heterocycles. The minimum atomic E-state index is 0.224. The van der Waals surface area contributed by atoms with E-state index in [9.17, 15) is 0 Å². The molecule has 0 spiro atoms. The Hall–Kier alpha value is -1.85. The molecule has 3 rings (SSSR count). The number of hydrogen-bond donors (Lipinski definition) is 0. The third-order valence-corrected chi connectivity index (χ3v) is 3.51. The molecule has 0 N–H and O–H groups in total. The van der Waals surface area contributed by atoms with E-state index in [2.05, 4.69) is 26.1 Å². The van der Waals surface area contributed by atoms with Crippen molar-refractivity contribution in [3.05, 3.63) is 63.9 Å². The van der Waals surface area contributed by atoms with Crippen molar-refractivity contribution in [1.82, 2.24) is 10.2 Å². The van der Waals surface area contributed by atoms with Crippen LogP contribution >= 0.6 is 27.5 Å². The smallest absolute Gasteiger partial charge is 0.254 e. The van der Waals surface area contributed by atoms with Crippen LogP contribution < -0.4 is 4.74 Å². The molecule has 0 atom stereocenters. The van der Waals surface area contributed by atoms with Crippen LogP contribution in [0.1, 0.15) is 5.89 Å². The number of rotatable bonds is 4. The Bertz CT molecular complexity index is 726. The van der Waals surface area contributed by atoms with Gasteiger partial charge in [-0.15, -0.1) is 10.2 Å². The first-order chi connectivity index (χ1) is 10.2. The Morgan fingerprint density at radius 3 is 2.43 bits per heavy atom. The summed E-state index contributed by atoms with van der Waals surface area (Å²) in [4.78, 5) is 0. The minimum Gasteiger partial charge on any atom is -0.484 e. The molecule has 1 heterocycles. The van der Waals surface area contributed by atoms with Crippen LogP contribution in [0.3, 0.4) is 0 Å². The van der Waals surface area contributed by atoms with Crippen molar-refractivity contribution in [2.45, 2.75) is 6.61 Å². The molecule has 0 amide bonds. The number of hydrogen-bond acceptors (Lipinski definition) is 4. The van der Waals surface area contributed by atoms with Crippen molar-refractivity contribution in [1.29, 1.82) is 0 Å². The molecule has 3 aromatic rings. The van der Waals surface area contributed by atoms with Crippen molar-refractivity contribution >= 4 is 27.5 Å². The standard InChI is InChI=1S/C15H10BrClN2O2/c16-11-3-7-13(8-4-11)20-9-14-18-19-15(21-14)10-1-5-12(17)6-2-10/h1-8H,9H2. The maximum atomic E-state index is 5.84. The van der Waals surface area contributed by atoms with E-state index in [4.69, 9.17) is 20.8 Å². The molecule has 0 aliphatic rings. The van der Waals surface area contributed by atoms with Gasteiger partial charge >= 0.3 is 0 Å². The van der Waals surface area contributed by atoms with Gasteiger partial charge in [-0.25, -0.2) is 0 Å². The molecular weight excluding hydrogens is 356 g/mol. The molecule has 0 fully saturated rings. The molecule has 0 unspecified atom stereocenters. The summed E-state index contributed by atoms with van der Waals surface area (Å²) in [6.07, 6.45) is 0. The Labute approximate surface area is 134 Å². The average Bonchev–Trinajstić information content (AvgIpc) is 2.96. The second-order valence-electron chi connectivity index (χ2n) is 4.25. The first kappa shape index (κ1) is 14.1. The van der Waals surface area contributed by atoms with Crippen LogP contribution in [0.25, 0.3) is 11.5 Å². The second kappa shape index (κ2) is 6.28. The number of nitrogens with zero attached hydrogens (tertiary/aromatic N) is 2. The van der Waals surface area contributed by atoms with Crippen molar-refractivity contribution in [3.8, 4) is 17.2 Å². The summed E-state index contributed by atoms with van der Waals surface area (Å²) in [5.74, 6) is 1.60. The van der Waals surface area contributed by atoms with Gasteiger partial charge in [0.15, 0.2) is 6.61 Å². The van der Waals surface area contributed by atoms with E-state index >= 15 is 0 Å². The van der Waals surface area contributed by atoms with E-state index in [0.29, 0.717) is 16.8 Å². The lowest BCUT2D eigenvalue weighted by molar-refractivity contribution is 0.264. The molecule has 106 valence electrons. The van der Waals surface area contributed by atoms with Gasteiger partial charge in [0.25, 0.3) is 5.89 Å². The fraction of sp³-hybridized carbons (Fsp3) is 0.0667. The molecule has 4 nitrogen and oxygen atoms in total. The Morgan fingerprint density at radius 1 is 1.00 bits per heavy atom. The van der Waals surface area contributed by atoms with Gasteiger partial charge in [-0.3, -0.25) is 0 Å². The summed E-state index contributed by atoms with van der Waals surface area (Å²) in [7, 11) is 0. The van der Waals surface area contributed by atoms with E-state index in [1.807, 2.05) is 36.4 Å². The molecular formula is C15H10BrClN2O2. The summed E-state index contributed by atoms with van der Waals surface area (Å²) < 4.78 is 12.1. The number of benzene rings is 2. The van der Waals surface area contributed by atoms with E-state index in [1.54, 1.807) is 12.1 Å². The van der Waals surface area contributed by atoms with Crippen LogP contribution in [0.15, 0.2) is 57.4 Å². The summed E-state index contributed by atoms with van der Waals surface area (Å²) in [6.45, 7) is 0.224. The minimum absolute atomic E-state index is 0.224. The zero-order valence-electron chi connectivity index (χ0n) is 10.8. The number of ether oxygens (including phenoxy) is 1. The average molecular weight is 366 g/mol. The molecule has 6 heteroatoms. The van der Waals surface area contributed by atoms with Crippen LogP contribution in [0.4, 0.5) is 0 Å². The maximum Gasteiger partial charge on any atom is 0.254 e. The maximum absolute atomic E-state index is 5.84. The normalized spacial score (nSPS) is 10.6. The summed E-state index contributed by atoms with van der Waals surface area (Å²) in [6, 6.07) is 14.7. The highest BCUT2D eigenvalue weighted by Gasteiger charge is 2.09. The molecule has 1 aromatic heterocycles. The van der Waals surface area contributed by atoms with E-state index in [-0.39, 0.29) is 6.61 Å². The lowest BCUT2D eigenvalue weighted by Gasteiger charge is -2.02. The summed E-state index contributed by atoms with van der Waals surface area (Å²) in [5, 5.41) is 8.62. The van der Waals surface area contributed by atoms with Gasteiger partial charge in [-0.2, -0.15) is 0 Å². The van der Waals surface area contributed by atoms with Crippen LogP contribution in [0, 0.1) is 0 Å². The fourth-order valence-electron chi connectivity index (χ4n) is 1.70. The SMILES string of the molecule is Clc1ccc(-c2nnc(COc3ccc(Br)cc3)o2)cc1. The number of aromatic nitrogens is 2. The van der Waals surface area contributed by atoms with Crippen LogP contribution in [-0.2, 0) is 6.61 Å². The van der Waals surface area contributed by atoms with Crippen molar-refractivity contribution in [2.75, 3.05) is 0 Å². The molecule has 21 heavy (non-hydrogen) atoms. The zero-order chi connectivity index (χ0) is 14.7. The van der Waals surface area contributed by atoms with E-state index < -0.39 is 0 Å². The van der Waals surface area contributed by atoms with Gasteiger partial charge in [-0.1, -0.05) is 27.5 Å². The Balaban J connectivity index is 1.67. The highest BCUT2D eigenvalue weighted by atomic mass is 79.9. The second-order valence-corrected chi connectivity index (χ2v) is 5.60. The van der Waals surface area contributed by atoms with Gasteiger partial charge in [-0.05, 0) is 48.5 Å². The van der Waals surface area contributed by atoms with Crippen LogP contribution in [0.5, 0.6) is 5.75 Å². The van der Waals surface area contributed by atoms with E-state index in [1.165, 1.54) is 0 Å². The lowest BCUT2D eigenvalue weighted by atomic mass is 10.2. The van der Waals surface area contributed by atoms with Gasteiger partial charge < -0.3 is 9.15 Å². The molecule has 0 bridgehead atoms. The number of halogens is 2. The van der Waals surface area contributed by atoms with Gasteiger partial charge in [0.1, 0.15) is 5.75 Å². The first-order valence-corrected chi connectivity index (χ1v) is 7.34. The quantitative estimate of drug-likeness (QED) is 0.670. The first-order valence-electron chi connectivity index (χ1n) is 6.17. The lowest BCUT2D eigenvalue weighted by Crippen LogP contribution is -1.95. The molecule has 0 aliphatic carbocycles.